The summed E-state index contributed by atoms with van der Waals surface area (Å²) in [5, 5.41) is 13.0. The third-order valence-electron chi connectivity index (χ3n) is 10.5. The molecule has 1 aliphatic heterocycles. The van der Waals surface area contributed by atoms with E-state index in [4.69, 9.17) is 4.74 Å². The van der Waals surface area contributed by atoms with Gasteiger partial charge in [-0.3, -0.25) is 4.79 Å². The number of anilines is 2. The van der Waals surface area contributed by atoms with Gasteiger partial charge in [0.1, 0.15) is 11.5 Å². The van der Waals surface area contributed by atoms with Gasteiger partial charge in [-0.25, -0.2) is 17.9 Å². The predicted molar refractivity (Wildman–Crippen MR) is 227 cm³/mol. The number of aromatic hydroxyl groups is 1. The fourth-order valence-electron chi connectivity index (χ4n) is 7.80. The molecular weight excluding hydrogens is 914 g/mol. The van der Waals surface area contributed by atoms with Crippen LogP contribution in [0.3, 0.4) is 0 Å². The number of ether oxygens (including phenoxy) is 1. The third kappa shape index (κ3) is 9.00. The largest absolute Gasteiger partial charge is 0.506 e. The minimum atomic E-state index is -4.06. The zero-order chi connectivity index (χ0) is 38.7. The number of fused-ring (bicyclic) bond motifs is 3. The number of amides is 3. The van der Waals surface area contributed by atoms with E-state index in [1.54, 1.807) is 24.3 Å². The van der Waals surface area contributed by atoms with Crippen molar-refractivity contribution in [1.29, 1.82) is 0 Å². The minimum Gasteiger partial charge on any atom is -0.506 e. The molecule has 13 heteroatoms. The number of hydrogen-bond acceptors (Lipinski definition) is 6. The number of phenolic OH excluding ortho intramolecular Hbond substituents is 1. The van der Waals surface area contributed by atoms with Crippen LogP contribution in [0.4, 0.5) is 16.2 Å². The molecule has 0 spiro atoms. The van der Waals surface area contributed by atoms with Crippen LogP contribution in [0.1, 0.15) is 84.7 Å². The number of rotatable bonds is 14. The number of sulfonamides is 1. The molecule has 0 unspecified atom stereocenters. The van der Waals surface area contributed by atoms with Crippen LogP contribution in [-0.4, -0.2) is 38.6 Å². The SMILES string of the molecule is O=C(Nc1c2c(cc3c1CCC3)CCC2)NS(=O)(=O)c1ccc(OCCCCCCCCN2C(=O)/C(=C/c3cc(Br)c(O)c(Br)c3)c3cc(Br)ccc32)cc1. The maximum atomic E-state index is 13.6. The summed E-state index contributed by atoms with van der Waals surface area (Å²) in [6.07, 6.45) is 13.5. The Morgan fingerprint density at radius 3 is 2.13 bits per heavy atom. The van der Waals surface area contributed by atoms with E-state index in [0.717, 1.165) is 115 Å². The second-order valence-corrected chi connectivity index (χ2v) is 18.6. The van der Waals surface area contributed by atoms with Crippen molar-refractivity contribution in [2.24, 2.45) is 0 Å². The van der Waals surface area contributed by atoms with E-state index in [1.807, 2.05) is 29.2 Å². The van der Waals surface area contributed by atoms with E-state index in [2.05, 4.69) is 63.9 Å². The Hall–Kier alpha value is -3.65. The Labute approximate surface area is 347 Å². The molecule has 0 aromatic heterocycles. The Kier molecular flexibility index (Phi) is 12.4. The number of nitrogens with zero attached hydrogens (tertiary/aromatic N) is 1. The van der Waals surface area contributed by atoms with Crippen LogP contribution in [0.2, 0.25) is 0 Å². The summed E-state index contributed by atoms with van der Waals surface area (Å²) in [6, 6.07) is 17.1. The van der Waals surface area contributed by atoms with E-state index < -0.39 is 16.1 Å². The van der Waals surface area contributed by atoms with Crippen LogP contribution < -0.4 is 19.7 Å². The number of unbranched alkanes of at least 4 members (excludes halogenated alkanes) is 5. The lowest BCUT2D eigenvalue weighted by atomic mass is 9.99. The van der Waals surface area contributed by atoms with Crippen molar-refractivity contribution in [2.75, 3.05) is 23.4 Å². The van der Waals surface area contributed by atoms with E-state index in [-0.39, 0.29) is 16.6 Å². The molecule has 1 heterocycles. The quantitative estimate of drug-likeness (QED) is 0.0854. The molecule has 4 aromatic carbocycles. The normalized spacial score (nSPS) is 15.3. The van der Waals surface area contributed by atoms with Gasteiger partial charge in [-0.15, -0.1) is 0 Å². The van der Waals surface area contributed by atoms with Gasteiger partial charge in [0.15, 0.2) is 0 Å². The average Bonchev–Trinajstić information content (AvgIpc) is 3.88. The van der Waals surface area contributed by atoms with Gasteiger partial charge in [0, 0.05) is 27.8 Å². The summed E-state index contributed by atoms with van der Waals surface area (Å²) >= 11 is 10.3. The zero-order valence-electron chi connectivity index (χ0n) is 30.2. The molecule has 3 aliphatic rings. The molecule has 0 bridgehead atoms. The molecule has 0 fully saturated rings. The van der Waals surface area contributed by atoms with Gasteiger partial charge in [0.25, 0.3) is 15.9 Å². The molecule has 0 atom stereocenters. The van der Waals surface area contributed by atoms with Gasteiger partial charge < -0.3 is 20.1 Å². The Bertz CT molecular complexity index is 2220. The number of phenols is 1. The third-order valence-corrected chi connectivity index (χ3v) is 13.5. The van der Waals surface area contributed by atoms with Gasteiger partial charge in [-0.05, 0) is 172 Å². The summed E-state index contributed by atoms with van der Waals surface area (Å²) in [7, 11) is -4.06. The summed E-state index contributed by atoms with van der Waals surface area (Å²) in [6.45, 7) is 1.13. The van der Waals surface area contributed by atoms with Gasteiger partial charge in [0.05, 0.1) is 26.1 Å². The highest BCUT2D eigenvalue weighted by atomic mass is 79.9. The lowest BCUT2D eigenvalue weighted by Gasteiger charge is -2.17. The second-order valence-electron chi connectivity index (χ2n) is 14.2. The molecule has 4 aromatic rings. The number of benzene rings is 4. The molecule has 55 heavy (non-hydrogen) atoms. The van der Waals surface area contributed by atoms with Crippen molar-refractivity contribution in [1.82, 2.24) is 4.72 Å². The number of hydrogen-bond donors (Lipinski definition) is 3. The summed E-state index contributed by atoms with van der Waals surface area (Å²) in [4.78, 5) is 28.4. The lowest BCUT2D eigenvalue weighted by molar-refractivity contribution is -0.113. The first-order valence-electron chi connectivity index (χ1n) is 18.7. The summed E-state index contributed by atoms with van der Waals surface area (Å²) in [5.41, 5.74) is 8.80. The summed E-state index contributed by atoms with van der Waals surface area (Å²) < 4.78 is 36.1. The van der Waals surface area contributed by atoms with Crippen molar-refractivity contribution >= 4 is 92.8 Å². The zero-order valence-corrected chi connectivity index (χ0v) is 35.8. The van der Waals surface area contributed by atoms with E-state index in [1.165, 1.54) is 23.3 Å². The number of nitrogens with one attached hydrogen (secondary N) is 2. The molecule has 0 saturated heterocycles. The number of carbonyl (C=O) groups is 2. The van der Waals surface area contributed by atoms with Crippen molar-refractivity contribution in [3.8, 4) is 11.5 Å². The average molecular weight is 957 g/mol. The topological polar surface area (TPSA) is 125 Å². The molecule has 3 amide bonds. The van der Waals surface area contributed by atoms with Crippen LogP contribution in [0.25, 0.3) is 11.6 Å². The fraction of sp³-hybridized carbons (Fsp3) is 0.333. The molecular formula is C42H42Br3N3O6S. The predicted octanol–water partition coefficient (Wildman–Crippen LogP) is 10.5. The number of halogens is 3. The van der Waals surface area contributed by atoms with Crippen LogP contribution in [-0.2, 0) is 40.5 Å². The van der Waals surface area contributed by atoms with Crippen LogP contribution >= 0.6 is 47.8 Å². The maximum Gasteiger partial charge on any atom is 0.333 e. The first kappa shape index (κ1) is 39.6. The van der Waals surface area contributed by atoms with Crippen LogP contribution in [0, 0.1) is 0 Å². The number of carbonyl (C=O) groups excluding carboxylic acids is 2. The van der Waals surface area contributed by atoms with Crippen molar-refractivity contribution in [3.63, 3.8) is 0 Å². The maximum absolute atomic E-state index is 13.6. The lowest BCUT2D eigenvalue weighted by Crippen LogP contribution is -2.35. The number of urea groups is 1. The second kappa shape index (κ2) is 17.2. The van der Waals surface area contributed by atoms with Gasteiger partial charge in [-0.2, -0.15) is 0 Å². The van der Waals surface area contributed by atoms with Crippen molar-refractivity contribution < 1.29 is 27.9 Å². The first-order valence-corrected chi connectivity index (χ1v) is 22.6. The highest BCUT2D eigenvalue weighted by Crippen LogP contribution is 2.42. The highest BCUT2D eigenvalue weighted by Gasteiger charge is 2.32. The fourth-order valence-corrected chi connectivity index (χ4v) is 10.3. The first-order chi connectivity index (χ1) is 26.5. The van der Waals surface area contributed by atoms with E-state index in [9.17, 15) is 23.1 Å². The molecule has 7 rings (SSSR count). The summed E-state index contributed by atoms with van der Waals surface area (Å²) in [5.74, 6) is 0.648. The van der Waals surface area contributed by atoms with E-state index in [0.29, 0.717) is 33.4 Å². The molecule has 3 N–H and O–H groups in total. The van der Waals surface area contributed by atoms with Gasteiger partial charge in [-0.1, -0.05) is 47.7 Å². The van der Waals surface area contributed by atoms with Crippen LogP contribution in [0.15, 0.2) is 79.0 Å². The van der Waals surface area contributed by atoms with Gasteiger partial charge in [0.2, 0.25) is 0 Å². The molecule has 288 valence electrons. The Balaban J connectivity index is 0.826. The van der Waals surface area contributed by atoms with E-state index >= 15 is 0 Å². The van der Waals surface area contributed by atoms with Crippen molar-refractivity contribution in [3.05, 3.63) is 107 Å². The molecule has 0 radical (unpaired) electrons. The monoisotopic (exact) mass is 953 g/mol. The molecule has 0 saturated carbocycles. The smallest absolute Gasteiger partial charge is 0.333 e. The highest BCUT2D eigenvalue weighted by molar-refractivity contribution is 9.11. The van der Waals surface area contributed by atoms with Crippen molar-refractivity contribution in [2.45, 2.75) is 81.9 Å². The molecule has 2 aliphatic carbocycles. The Morgan fingerprint density at radius 2 is 1.45 bits per heavy atom. The Morgan fingerprint density at radius 1 is 0.818 bits per heavy atom. The minimum absolute atomic E-state index is 0.00316. The molecule has 9 nitrogen and oxygen atoms in total. The number of aryl methyl sites for hydroxylation is 2. The standard InChI is InChI=1S/C42H42Br3N3O6S/c43-29-13-18-38-34(25-29)35(21-26-22-36(44)40(49)37(45)23-26)41(50)48(38)19-5-3-1-2-4-6-20-54-30-14-16-31(17-15-30)55(52,53)47-42(51)46-39-32-11-7-9-27(32)24-28-10-8-12-33(28)39/h13-18,21-25,49H,1-12,19-20H2,(H2,46,47,51)/b35-21+. The van der Waals surface area contributed by atoms with Crippen LogP contribution in [0.5, 0.6) is 11.5 Å². The van der Waals surface area contributed by atoms with Gasteiger partial charge >= 0.3 is 6.03 Å².